The Morgan fingerprint density at radius 2 is 1.35 bits per heavy atom. The van der Waals surface area contributed by atoms with Gasteiger partial charge in [0.05, 0.1) is 9.64 Å². The Labute approximate surface area is 134 Å². The minimum Gasteiger partial charge on any atom is -0.223 e. The van der Waals surface area contributed by atoms with Gasteiger partial charge in [-0.05, 0) is 61.1 Å². The normalized spacial score (nSPS) is 12.4. The van der Waals surface area contributed by atoms with E-state index in [0.29, 0.717) is 4.90 Å². The van der Waals surface area contributed by atoms with Crippen LogP contribution in [-0.4, -0.2) is 13.2 Å². The van der Waals surface area contributed by atoms with Crippen molar-refractivity contribution in [1.29, 1.82) is 0 Å². The molecule has 20 heavy (non-hydrogen) atoms. The second kappa shape index (κ2) is 5.48. The highest BCUT2D eigenvalue weighted by atomic mass is 127. The van der Waals surface area contributed by atoms with Gasteiger partial charge in [0.2, 0.25) is 0 Å². The zero-order valence-corrected chi connectivity index (χ0v) is 14.7. The van der Waals surface area contributed by atoms with Crippen molar-refractivity contribution in [1.82, 2.24) is 0 Å². The van der Waals surface area contributed by atoms with E-state index in [2.05, 4.69) is 22.6 Å². The summed E-state index contributed by atoms with van der Waals surface area (Å²) in [4.78, 5) is 0.400. The van der Waals surface area contributed by atoms with Gasteiger partial charge in [-0.25, -0.2) is 8.42 Å². The SMILES string of the molecule is CC(C)(C)S(=O)(=O)c1ccccc1-c1ccccc1I. The molecule has 0 fully saturated rings. The molecule has 0 unspecified atom stereocenters. The fraction of sp³-hybridized carbons (Fsp3) is 0.250. The van der Waals surface area contributed by atoms with Gasteiger partial charge in [0.15, 0.2) is 9.84 Å². The molecule has 2 aromatic rings. The highest BCUT2D eigenvalue weighted by Gasteiger charge is 2.32. The van der Waals surface area contributed by atoms with Crippen LogP contribution in [0.2, 0.25) is 0 Å². The molecule has 0 atom stereocenters. The number of hydrogen-bond donors (Lipinski definition) is 0. The van der Waals surface area contributed by atoms with Crippen molar-refractivity contribution in [3.05, 3.63) is 52.1 Å². The molecule has 0 bridgehead atoms. The number of hydrogen-bond acceptors (Lipinski definition) is 2. The van der Waals surface area contributed by atoms with Crippen LogP contribution in [0.1, 0.15) is 20.8 Å². The van der Waals surface area contributed by atoms with Crippen LogP contribution < -0.4 is 0 Å². The lowest BCUT2D eigenvalue weighted by Crippen LogP contribution is -2.28. The van der Waals surface area contributed by atoms with Gasteiger partial charge in [-0.3, -0.25) is 0 Å². The third kappa shape index (κ3) is 2.76. The maximum Gasteiger partial charge on any atom is 0.183 e. The molecule has 0 spiro atoms. The summed E-state index contributed by atoms with van der Waals surface area (Å²) in [5.74, 6) is 0. The molecule has 0 saturated heterocycles. The van der Waals surface area contributed by atoms with Crippen LogP contribution in [0.4, 0.5) is 0 Å². The molecule has 0 aromatic heterocycles. The van der Waals surface area contributed by atoms with Crippen molar-refractivity contribution in [2.75, 3.05) is 0 Å². The molecule has 2 nitrogen and oxygen atoms in total. The first-order valence-electron chi connectivity index (χ1n) is 6.34. The third-order valence-electron chi connectivity index (χ3n) is 3.15. The molecule has 0 amide bonds. The molecule has 0 saturated carbocycles. The first-order chi connectivity index (χ1) is 9.25. The van der Waals surface area contributed by atoms with Gasteiger partial charge in [0.25, 0.3) is 0 Å². The van der Waals surface area contributed by atoms with Crippen molar-refractivity contribution < 1.29 is 8.42 Å². The van der Waals surface area contributed by atoms with E-state index < -0.39 is 14.6 Å². The summed E-state index contributed by atoms with van der Waals surface area (Å²) in [6.45, 7) is 5.19. The van der Waals surface area contributed by atoms with Crippen molar-refractivity contribution in [3.8, 4) is 11.1 Å². The monoisotopic (exact) mass is 400 g/mol. The van der Waals surface area contributed by atoms with E-state index in [4.69, 9.17) is 0 Å². The molecular formula is C16H17IO2S. The molecule has 4 heteroatoms. The second-order valence-electron chi connectivity index (χ2n) is 5.59. The smallest absolute Gasteiger partial charge is 0.183 e. The number of halogens is 1. The van der Waals surface area contributed by atoms with E-state index in [1.165, 1.54) is 0 Å². The molecule has 0 aliphatic heterocycles. The summed E-state index contributed by atoms with van der Waals surface area (Å²) in [7, 11) is -3.38. The molecular weight excluding hydrogens is 383 g/mol. The topological polar surface area (TPSA) is 34.1 Å². The van der Waals surface area contributed by atoms with Crippen LogP contribution in [0.5, 0.6) is 0 Å². The highest BCUT2D eigenvalue weighted by molar-refractivity contribution is 14.1. The van der Waals surface area contributed by atoms with Gasteiger partial charge in [0, 0.05) is 9.13 Å². The molecule has 0 aliphatic carbocycles. The molecule has 0 heterocycles. The predicted molar refractivity (Wildman–Crippen MR) is 91.5 cm³/mol. The van der Waals surface area contributed by atoms with Crippen LogP contribution in [0, 0.1) is 3.57 Å². The summed E-state index contributed by atoms with van der Waals surface area (Å²) in [6, 6.07) is 15.0. The van der Waals surface area contributed by atoms with E-state index in [-0.39, 0.29) is 0 Å². The zero-order chi connectivity index (χ0) is 15.0. The maximum atomic E-state index is 12.8. The molecule has 106 valence electrons. The molecule has 2 rings (SSSR count). The molecule has 0 radical (unpaired) electrons. The van der Waals surface area contributed by atoms with Gasteiger partial charge >= 0.3 is 0 Å². The lowest BCUT2D eigenvalue weighted by atomic mass is 10.1. The summed E-state index contributed by atoms with van der Waals surface area (Å²) in [6.07, 6.45) is 0. The van der Waals surface area contributed by atoms with E-state index in [1.807, 2.05) is 36.4 Å². The van der Waals surface area contributed by atoms with Crippen molar-refractivity contribution in [2.45, 2.75) is 30.4 Å². The lowest BCUT2D eigenvalue weighted by molar-refractivity contribution is 0.560. The average Bonchev–Trinajstić information content (AvgIpc) is 2.38. The Balaban J connectivity index is 2.74. The Bertz CT molecular complexity index is 728. The lowest BCUT2D eigenvalue weighted by Gasteiger charge is -2.21. The third-order valence-corrected chi connectivity index (χ3v) is 6.63. The van der Waals surface area contributed by atoms with Crippen LogP contribution in [0.15, 0.2) is 53.4 Å². The fourth-order valence-electron chi connectivity index (χ4n) is 1.93. The predicted octanol–water partition coefficient (Wildman–Crippen LogP) is 4.53. The van der Waals surface area contributed by atoms with E-state index >= 15 is 0 Å². The van der Waals surface area contributed by atoms with Crippen molar-refractivity contribution in [2.24, 2.45) is 0 Å². The largest absolute Gasteiger partial charge is 0.223 e. The summed E-state index contributed by atoms with van der Waals surface area (Å²) < 4.78 is 25.7. The van der Waals surface area contributed by atoms with Crippen LogP contribution >= 0.6 is 22.6 Å². The zero-order valence-electron chi connectivity index (χ0n) is 11.7. The summed E-state index contributed by atoms with van der Waals surface area (Å²) in [5, 5.41) is 0. The maximum absolute atomic E-state index is 12.8. The molecule has 2 aromatic carbocycles. The standard InChI is InChI=1S/C16H17IO2S/c1-16(2,3)20(18,19)15-11-7-5-9-13(15)12-8-4-6-10-14(12)17/h4-11H,1-3H3. The molecule has 0 N–H and O–H groups in total. The Kier molecular flexibility index (Phi) is 4.25. The number of sulfone groups is 1. The van der Waals surface area contributed by atoms with Gasteiger partial charge in [-0.2, -0.15) is 0 Å². The van der Waals surface area contributed by atoms with Crippen LogP contribution in [0.25, 0.3) is 11.1 Å². The second-order valence-corrected chi connectivity index (χ2v) is 9.43. The van der Waals surface area contributed by atoms with Gasteiger partial charge in [-0.1, -0.05) is 36.4 Å². The minimum atomic E-state index is -3.38. The number of rotatable bonds is 2. The fourth-order valence-corrected chi connectivity index (χ4v) is 4.00. The van der Waals surface area contributed by atoms with Crippen LogP contribution in [-0.2, 0) is 9.84 Å². The van der Waals surface area contributed by atoms with E-state index in [0.717, 1.165) is 14.7 Å². The van der Waals surface area contributed by atoms with E-state index in [9.17, 15) is 8.42 Å². The summed E-state index contributed by atoms with van der Waals surface area (Å²) >= 11 is 2.23. The minimum absolute atomic E-state index is 0.400. The first-order valence-corrected chi connectivity index (χ1v) is 8.90. The summed E-state index contributed by atoms with van der Waals surface area (Å²) in [5.41, 5.74) is 1.73. The Morgan fingerprint density at radius 1 is 0.850 bits per heavy atom. The van der Waals surface area contributed by atoms with Gasteiger partial charge in [0.1, 0.15) is 0 Å². The van der Waals surface area contributed by atoms with E-state index in [1.54, 1.807) is 32.9 Å². The first kappa shape index (κ1) is 15.5. The average molecular weight is 400 g/mol. The van der Waals surface area contributed by atoms with Gasteiger partial charge in [-0.15, -0.1) is 0 Å². The van der Waals surface area contributed by atoms with Crippen LogP contribution in [0.3, 0.4) is 0 Å². The number of benzene rings is 2. The van der Waals surface area contributed by atoms with Gasteiger partial charge < -0.3 is 0 Å². The quantitative estimate of drug-likeness (QED) is 0.695. The van der Waals surface area contributed by atoms with Crippen molar-refractivity contribution in [3.63, 3.8) is 0 Å². The highest BCUT2D eigenvalue weighted by Crippen LogP contribution is 2.35. The molecule has 0 aliphatic rings. The Hall–Kier alpha value is -0.880. The Morgan fingerprint density at radius 3 is 1.90 bits per heavy atom. The van der Waals surface area contributed by atoms with Crippen molar-refractivity contribution >= 4 is 32.4 Å².